The van der Waals surface area contributed by atoms with Crippen molar-refractivity contribution in [1.29, 1.82) is 0 Å². The maximum absolute atomic E-state index is 11.6. The highest BCUT2D eigenvalue weighted by molar-refractivity contribution is 7.22. The number of rotatable bonds is 4. The Morgan fingerprint density at radius 1 is 1.37 bits per heavy atom. The van der Waals surface area contributed by atoms with Crippen molar-refractivity contribution in [2.24, 2.45) is 5.73 Å². The van der Waals surface area contributed by atoms with Gasteiger partial charge in [0, 0.05) is 5.02 Å². The van der Waals surface area contributed by atoms with Gasteiger partial charge in [-0.25, -0.2) is 4.98 Å². The molecule has 2 rings (SSSR count). The van der Waals surface area contributed by atoms with Crippen LogP contribution in [0.15, 0.2) is 18.2 Å². The van der Waals surface area contributed by atoms with Crippen molar-refractivity contribution < 1.29 is 9.59 Å². The maximum atomic E-state index is 11.6. The highest BCUT2D eigenvalue weighted by atomic mass is 35.5. The zero-order valence-corrected chi connectivity index (χ0v) is 11.3. The fourth-order valence-corrected chi connectivity index (χ4v) is 2.52. The summed E-state index contributed by atoms with van der Waals surface area (Å²) in [6, 6.07) is 5.29. The predicted octanol–water partition coefficient (Wildman–Crippen LogP) is 0.963. The van der Waals surface area contributed by atoms with Gasteiger partial charge in [-0.15, -0.1) is 0 Å². The molecule has 100 valence electrons. The van der Waals surface area contributed by atoms with Crippen LogP contribution in [0.25, 0.3) is 10.2 Å². The number of nitrogens with one attached hydrogen (secondary N) is 2. The van der Waals surface area contributed by atoms with Gasteiger partial charge in [0.2, 0.25) is 11.8 Å². The van der Waals surface area contributed by atoms with E-state index in [1.54, 1.807) is 18.2 Å². The Balaban J connectivity index is 2.01. The molecule has 6 nitrogen and oxygen atoms in total. The molecular formula is C11H11ClN4O2S. The van der Waals surface area contributed by atoms with E-state index in [0.717, 1.165) is 10.2 Å². The molecule has 2 aromatic rings. The first kappa shape index (κ1) is 13.7. The third-order valence-electron chi connectivity index (χ3n) is 2.23. The summed E-state index contributed by atoms with van der Waals surface area (Å²) < 4.78 is 0.883. The smallest absolute Gasteiger partial charge is 0.245 e. The summed E-state index contributed by atoms with van der Waals surface area (Å²) in [4.78, 5) is 26.7. The Morgan fingerprint density at radius 3 is 2.89 bits per heavy atom. The molecule has 0 radical (unpaired) electrons. The van der Waals surface area contributed by atoms with Crippen molar-refractivity contribution in [3.05, 3.63) is 23.2 Å². The van der Waals surface area contributed by atoms with E-state index in [0.29, 0.717) is 10.2 Å². The van der Waals surface area contributed by atoms with E-state index < -0.39 is 0 Å². The number of aromatic nitrogens is 1. The first-order valence-corrected chi connectivity index (χ1v) is 6.60. The molecule has 0 saturated heterocycles. The van der Waals surface area contributed by atoms with Crippen LogP contribution in [0, 0.1) is 0 Å². The average Bonchev–Trinajstić information content (AvgIpc) is 2.77. The third-order valence-corrected chi connectivity index (χ3v) is 3.40. The summed E-state index contributed by atoms with van der Waals surface area (Å²) >= 11 is 7.18. The maximum Gasteiger partial charge on any atom is 0.245 e. The third kappa shape index (κ3) is 3.63. The average molecular weight is 299 g/mol. The van der Waals surface area contributed by atoms with E-state index in [1.807, 2.05) is 0 Å². The van der Waals surface area contributed by atoms with Crippen molar-refractivity contribution in [2.45, 2.75) is 0 Å². The Hall–Kier alpha value is -1.70. The van der Waals surface area contributed by atoms with Crippen LogP contribution in [0.4, 0.5) is 5.13 Å². The Morgan fingerprint density at radius 2 is 2.16 bits per heavy atom. The van der Waals surface area contributed by atoms with Gasteiger partial charge >= 0.3 is 0 Å². The summed E-state index contributed by atoms with van der Waals surface area (Å²) in [6.07, 6.45) is 0. The topological polar surface area (TPSA) is 97.1 Å². The number of anilines is 1. The molecule has 0 unspecified atom stereocenters. The predicted molar refractivity (Wildman–Crippen MR) is 75.3 cm³/mol. The van der Waals surface area contributed by atoms with Crippen molar-refractivity contribution in [1.82, 2.24) is 10.3 Å². The van der Waals surface area contributed by atoms with Gasteiger partial charge in [0.05, 0.1) is 23.3 Å². The molecule has 0 aliphatic heterocycles. The number of carbonyl (C=O) groups is 2. The van der Waals surface area contributed by atoms with E-state index >= 15 is 0 Å². The van der Waals surface area contributed by atoms with Crippen LogP contribution in [0.1, 0.15) is 0 Å². The van der Waals surface area contributed by atoms with E-state index in [9.17, 15) is 9.59 Å². The van der Waals surface area contributed by atoms with Gasteiger partial charge in [-0.2, -0.15) is 0 Å². The fourth-order valence-electron chi connectivity index (χ4n) is 1.37. The SMILES string of the molecule is NCC(=O)NCC(=O)Nc1nc2ccc(Cl)cc2s1. The first-order valence-electron chi connectivity index (χ1n) is 5.41. The minimum Gasteiger partial charge on any atom is -0.346 e. The van der Waals surface area contributed by atoms with E-state index in [2.05, 4.69) is 15.6 Å². The number of thiazole rings is 1. The number of fused-ring (bicyclic) bond motifs is 1. The molecule has 8 heteroatoms. The normalized spacial score (nSPS) is 10.4. The molecule has 1 aromatic carbocycles. The molecular weight excluding hydrogens is 288 g/mol. The van der Waals surface area contributed by atoms with Crippen LogP contribution in [-0.2, 0) is 9.59 Å². The van der Waals surface area contributed by atoms with E-state index in [-0.39, 0.29) is 24.9 Å². The van der Waals surface area contributed by atoms with Gasteiger partial charge in [0.15, 0.2) is 5.13 Å². The van der Waals surface area contributed by atoms with E-state index in [1.165, 1.54) is 11.3 Å². The van der Waals surface area contributed by atoms with Crippen molar-refractivity contribution >= 4 is 50.1 Å². The summed E-state index contributed by atoms with van der Waals surface area (Å²) in [5.74, 6) is -0.738. The summed E-state index contributed by atoms with van der Waals surface area (Å²) in [5, 5.41) is 6.05. The molecule has 0 saturated carbocycles. The summed E-state index contributed by atoms with van der Waals surface area (Å²) in [6.45, 7) is -0.278. The van der Waals surface area contributed by atoms with Crippen molar-refractivity contribution in [2.75, 3.05) is 18.4 Å². The fraction of sp³-hybridized carbons (Fsp3) is 0.182. The molecule has 0 aliphatic rings. The number of carbonyl (C=O) groups excluding carboxylic acids is 2. The molecule has 1 heterocycles. The van der Waals surface area contributed by atoms with Crippen LogP contribution in [0.5, 0.6) is 0 Å². The molecule has 4 N–H and O–H groups in total. The molecule has 19 heavy (non-hydrogen) atoms. The summed E-state index contributed by atoms with van der Waals surface area (Å²) in [5.41, 5.74) is 5.87. The lowest BCUT2D eigenvalue weighted by atomic mass is 10.3. The monoisotopic (exact) mass is 298 g/mol. The van der Waals surface area contributed by atoms with Crippen molar-refractivity contribution in [3.63, 3.8) is 0 Å². The molecule has 0 atom stereocenters. The quantitative estimate of drug-likeness (QED) is 0.783. The van der Waals surface area contributed by atoms with Crippen LogP contribution < -0.4 is 16.4 Å². The Kier molecular flexibility index (Phi) is 4.31. The van der Waals surface area contributed by atoms with Crippen LogP contribution >= 0.6 is 22.9 Å². The molecule has 0 bridgehead atoms. The Labute approximate surface area is 117 Å². The standard InChI is InChI=1S/C11H11ClN4O2S/c12-6-1-2-7-8(3-6)19-11(15-7)16-10(18)5-14-9(17)4-13/h1-3H,4-5,13H2,(H,14,17)(H,15,16,18). The lowest BCUT2D eigenvalue weighted by Gasteiger charge is -2.02. The molecule has 0 spiro atoms. The first-order chi connectivity index (χ1) is 9.08. The number of halogens is 1. The van der Waals surface area contributed by atoms with E-state index in [4.69, 9.17) is 17.3 Å². The summed E-state index contributed by atoms with van der Waals surface area (Å²) in [7, 11) is 0. The van der Waals surface area contributed by atoms with Gasteiger partial charge in [-0.1, -0.05) is 22.9 Å². The lowest BCUT2D eigenvalue weighted by molar-refractivity contribution is -0.123. The van der Waals surface area contributed by atoms with Gasteiger partial charge < -0.3 is 16.4 Å². The highest BCUT2D eigenvalue weighted by Gasteiger charge is 2.09. The number of benzene rings is 1. The molecule has 0 fully saturated rings. The number of nitrogens with zero attached hydrogens (tertiary/aromatic N) is 1. The van der Waals surface area contributed by atoms with Crippen LogP contribution in [-0.4, -0.2) is 29.9 Å². The second-order valence-electron chi connectivity index (χ2n) is 3.66. The zero-order valence-electron chi connectivity index (χ0n) is 9.77. The molecule has 2 amide bonds. The largest absolute Gasteiger partial charge is 0.346 e. The second-order valence-corrected chi connectivity index (χ2v) is 5.13. The zero-order chi connectivity index (χ0) is 13.8. The number of nitrogens with two attached hydrogens (primary N) is 1. The highest BCUT2D eigenvalue weighted by Crippen LogP contribution is 2.28. The van der Waals surface area contributed by atoms with Gasteiger partial charge in [-0.05, 0) is 18.2 Å². The Bertz CT molecular complexity index is 628. The minimum atomic E-state index is -0.383. The number of hydrogen-bond acceptors (Lipinski definition) is 5. The van der Waals surface area contributed by atoms with Crippen LogP contribution in [0.2, 0.25) is 5.02 Å². The van der Waals surface area contributed by atoms with Gasteiger partial charge in [0.25, 0.3) is 0 Å². The minimum absolute atomic E-state index is 0.132. The van der Waals surface area contributed by atoms with Crippen molar-refractivity contribution in [3.8, 4) is 0 Å². The lowest BCUT2D eigenvalue weighted by Crippen LogP contribution is -2.36. The van der Waals surface area contributed by atoms with Crippen LogP contribution in [0.3, 0.4) is 0 Å². The second kappa shape index (κ2) is 5.96. The molecule has 0 aliphatic carbocycles. The van der Waals surface area contributed by atoms with Gasteiger partial charge in [0.1, 0.15) is 0 Å². The number of amides is 2. The number of hydrogen-bond donors (Lipinski definition) is 3. The molecule has 1 aromatic heterocycles. The van der Waals surface area contributed by atoms with Gasteiger partial charge in [-0.3, -0.25) is 9.59 Å².